The minimum atomic E-state index is -4.60. The number of rotatable bonds is 5. The van der Waals surface area contributed by atoms with Gasteiger partial charge in [-0.05, 0) is 37.1 Å². The topological polar surface area (TPSA) is 80.3 Å². The lowest BCUT2D eigenvalue weighted by molar-refractivity contribution is 0.234. The molecular formula is C12H15F2NO4S2. The maximum atomic E-state index is 12.4. The molecule has 1 aliphatic heterocycles. The molecule has 21 heavy (non-hydrogen) atoms. The fourth-order valence-corrected chi connectivity index (χ4v) is 4.67. The quantitative estimate of drug-likeness (QED) is 0.883. The zero-order valence-electron chi connectivity index (χ0n) is 11.0. The lowest BCUT2D eigenvalue weighted by Crippen LogP contribution is -2.25. The number of anilines is 1. The Kier molecular flexibility index (Phi) is 4.52. The largest absolute Gasteiger partial charge is 0.384 e. The summed E-state index contributed by atoms with van der Waals surface area (Å²) >= 11 is 0. The van der Waals surface area contributed by atoms with Crippen molar-refractivity contribution in [1.29, 1.82) is 0 Å². The first-order valence-corrected chi connectivity index (χ1v) is 9.57. The number of hydrogen-bond acceptors (Lipinski definition) is 5. The zero-order chi connectivity index (χ0) is 15.7. The van der Waals surface area contributed by atoms with Crippen molar-refractivity contribution in [3.05, 3.63) is 24.3 Å². The molecule has 1 saturated heterocycles. The number of benzene rings is 1. The molecule has 9 heteroatoms. The van der Waals surface area contributed by atoms with Gasteiger partial charge in [0, 0.05) is 12.2 Å². The summed E-state index contributed by atoms with van der Waals surface area (Å²) in [5, 5.41) is 2.43. The van der Waals surface area contributed by atoms with E-state index in [1.807, 2.05) is 0 Å². The highest BCUT2D eigenvalue weighted by Crippen LogP contribution is 2.22. The van der Waals surface area contributed by atoms with Crippen molar-refractivity contribution in [3.8, 4) is 0 Å². The minimum Gasteiger partial charge on any atom is -0.384 e. The Morgan fingerprint density at radius 1 is 1.24 bits per heavy atom. The Bertz CT molecular complexity index is 699. The van der Waals surface area contributed by atoms with Crippen molar-refractivity contribution in [3.63, 3.8) is 0 Å². The van der Waals surface area contributed by atoms with Gasteiger partial charge in [-0.1, -0.05) is 0 Å². The van der Waals surface area contributed by atoms with Crippen molar-refractivity contribution in [2.75, 3.05) is 17.6 Å². The Hall–Kier alpha value is -1.22. The SMILES string of the molecule is O=S1(=O)CCCC1CNc1ccc(S(=O)(=O)C(F)F)cc1. The van der Waals surface area contributed by atoms with Crippen LogP contribution in [0.5, 0.6) is 0 Å². The summed E-state index contributed by atoms with van der Waals surface area (Å²) in [6, 6.07) is 4.84. The smallest absolute Gasteiger partial charge is 0.341 e. The van der Waals surface area contributed by atoms with Gasteiger partial charge in [-0.15, -0.1) is 0 Å². The van der Waals surface area contributed by atoms with Crippen molar-refractivity contribution < 1.29 is 25.6 Å². The van der Waals surface area contributed by atoms with Crippen LogP contribution < -0.4 is 5.32 Å². The van der Waals surface area contributed by atoms with E-state index in [-0.39, 0.29) is 12.3 Å². The van der Waals surface area contributed by atoms with Crippen LogP contribution in [0.4, 0.5) is 14.5 Å². The van der Waals surface area contributed by atoms with Crippen LogP contribution in [0.1, 0.15) is 12.8 Å². The van der Waals surface area contributed by atoms with Crippen molar-refractivity contribution >= 4 is 25.4 Å². The van der Waals surface area contributed by atoms with Gasteiger partial charge in [-0.3, -0.25) is 0 Å². The first-order chi connectivity index (χ1) is 9.73. The van der Waals surface area contributed by atoms with Gasteiger partial charge >= 0.3 is 5.76 Å². The van der Waals surface area contributed by atoms with Gasteiger partial charge in [-0.2, -0.15) is 8.78 Å². The summed E-state index contributed by atoms with van der Waals surface area (Å²) in [6.07, 6.45) is 1.23. The van der Waals surface area contributed by atoms with E-state index in [2.05, 4.69) is 5.32 Å². The third-order valence-corrected chi connectivity index (χ3v) is 7.09. The molecule has 2 rings (SSSR count). The Morgan fingerprint density at radius 3 is 2.33 bits per heavy atom. The summed E-state index contributed by atoms with van der Waals surface area (Å²) in [7, 11) is -7.66. The van der Waals surface area contributed by atoms with E-state index in [0.29, 0.717) is 18.5 Å². The van der Waals surface area contributed by atoms with Crippen LogP contribution in [0, 0.1) is 0 Å². The molecule has 0 aliphatic carbocycles. The van der Waals surface area contributed by atoms with Crippen LogP contribution >= 0.6 is 0 Å². The maximum Gasteiger partial charge on any atom is 0.341 e. The van der Waals surface area contributed by atoms with E-state index in [1.54, 1.807) is 0 Å². The molecule has 1 aromatic carbocycles. The van der Waals surface area contributed by atoms with E-state index >= 15 is 0 Å². The average Bonchev–Trinajstić information content (AvgIpc) is 2.75. The maximum absolute atomic E-state index is 12.4. The first kappa shape index (κ1) is 16.2. The van der Waals surface area contributed by atoms with Gasteiger partial charge in [0.2, 0.25) is 9.84 Å². The second kappa shape index (κ2) is 5.88. The third kappa shape index (κ3) is 3.52. The number of sulfone groups is 2. The second-order valence-corrected chi connectivity index (χ2v) is 9.16. The monoisotopic (exact) mass is 339 g/mol. The van der Waals surface area contributed by atoms with Crippen LogP contribution in [-0.2, 0) is 19.7 Å². The van der Waals surface area contributed by atoms with Gasteiger partial charge in [0.1, 0.15) is 0 Å². The predicted molar refractivity (Wildman–Crippen MR) is 74.9 cm³/mol. The molecule has 0 radical (unpaired) electrons. The molecule has 0 aromatic heterocycles. The number of alkyl halides is 2. The van der Waals surface area contributed by atoms with Gasteiger partial charge in [0.15, 0.2) is 9.84 Å². The number of hydrogen-bond donors (Lipinski definition) is 1. The normalized spacial score (nSPS) is 21.6. The summed E-state index contributed by atoms with van der Waals surface area (Å²) in [5.74, 6) is -3.27. The molecule has 1 N–H and O–H groups in total. The second-order valence-electron chi connectivity index (χ2n) is 4.84. The molecule has 1 aromatic rings. The molecule has 0 spiro atoms. The Balaban J connectivity index is 2.04. The van der Waals surface area contributed by atoms with Crippen molar-refractivity contribution in [1.82, 2.24) is 0 Å². The molecule has 5 nitrogen and oxygen atoms in total. The highest BCUT2D eigenvalue weighted by molar-refractivity contribution is 7.92. The molecule has 0 saturated carbocycles. The number of halogens is 2. The highest BCUT2D eigenvalue weighted by atomic mass is 32.2. The fourth-order valence-electron chi connectivity index (χ4n) is 2.18. The van der Waals surface area contributed by atoms with Gasteiger partial charge in [0.25, 0.3) is 0 Å². The summed E-state index contributed by atoms with van der Waals surface area (Å²) < 4.78 is 70.5. The molecule has 0 amide bonds. The fraction of sp³-hybridized carbons (Fsp3) is 0.500. The van der Waals surface area contributed by atoms with Gasteiger partial charge in [-0.25, -0.2) is 16.8 Å². The average molecular weight is 339 g/mol. The van der Waals surface area contributed by atoms with Crippen molar-refractivity contribution in [2.45, 2.75) is 28.7 Å². The summed E-state index contributed by atoms with van der Waals surface area (Å²) in [6.45, 7) is 0.225. The zero-order valence-corrected chi connectivity index (χ0v) is 12.6. The highest BCUT2D eigenvalue weighted by Gasteiger charge is 2.31. The molecule has 1 aliphatic rings. The van der Waals surface area contributed by atoms with E-state index in [1.165, 1.54) is 12.1 Å². The molecular weight excluding hydrogens is 324 g/mol. The van der Waals surface area contributed by atoms with E-state index in [0.717, 1.165) is 12.1 Å². The summed E-state index contributed by atoms with van der Waals surface area (Å²) in [5.41, 5.74) is 0.491. The Morgan fingerprint density at radius 2 is 1.86 bits per heavy atom. The molecule has 1 heterocycles. The number of nitrogens with one attached hydrogen (secondary N) is 1. The van der Waals surface area contributed by atoms with E-state index in [9.17, 15) is 25.6 Å². The molecule has 1 fully saturated rings. The lowest BCUT2D eigenvalue weighted by Gasteiger charge is -2.12. The standard InChI is InChI=1S/C12H15F2NO4S2/c13-12(14)21(18,19)10-5-3-9(4-6-10)15-8-11-2-1-7-20(11,16)17/h3-6,11-12,15H,1-2,7-8H2. The molecule has 1 atom stereocenters. The van der Waals surface area contributed by atoms with Gasteiger partial charge < -0.3 is 5.32 Å². The van der Waals surface area contributed by atoms with Crippen LogP contribution in [0.25, 0.3) is 0 Å². The molecule has 0 bridgehead atoms. The Labute approximate surface area is 122 Å². The minimum absolute atomic E-state index is 0.185. The van der Waals surface area contributed by atoms with Crippen LogP contribution in [0.15, 0.2) is 29.2 Å². The lowest BCUT2D eigenvalue weighted by atomic mass is 10.2. The molecule has 118 valence electrons. The van der Waals surface area contributed by atoms with Gasteiger partial charge in [0.05, 0.1) is 15.9 Å². The van der Waals surface area contributed by atoms with Crippen LogP contribution in [0.3, 0.4) is 0 Å². The van der Waals surface area contributed by atoms with E-state index < -0.39 is 35.6 Å². The molecule has 1 unspecified atom stereocenters. The van der Waals surface area contributed by atoms with Crippen molar-refractivity contribution in [2.24, 2.45) is 0 Å². The van der Waals surface area contributed by atoms with Crippen LogP contribution in [-0.4, -0.2) is 40.1 Å². The first-order valence-electron chi connectivity index (χ1n) is 6.31. The predicted octanol–water partition coefficient (Wildman–Crippen LogP) is 1.67. The van der Waals surface area contributed by atoms with Crippen LogP contribution in [0.2, 0.25) is 0 Å². The summed E-state index contributed by atoms with van der Waals surface area (Å²) in [4.78, 5) is -0.462. The third-order valence-electron chi connectivity index (χ3n) is 3.41. The van der Waals surface area contributed by atoms with E-state index in [4.69, 9.17) is 0 Å².